The Kier molecular flexibility index (Phi) is 2.75. The van der Waals surface area contributed by atoms with E-state index in [9.17, 15) is 0 Å². The fraction of sp³-hybridized carbons (Fsp3) is 0.188. The van der Waals surface area contributed by atoms with Crippen molar-refractivity contribution in [1.29, 1.82) is 0 Å². The van der Waals surface area contributed by atoms with Gasteiger partial charge in [0.2, 0.25) is 0 Å². The number of hydrogen-bond donors (Lipinski definition) is 0. The van der Waals surface area contributed by atoms with E-state index in [-0.39, 0.29) is 0 Å². The fourth-order valence-electron chi connectivity index (χ4n) is 2.41. The number of benzene rings is 1. The predicted octanol–water partition coefficient (Wildman–Crippen LogP) is 3.63. The smallest absolute Gasteiger partial charge is 0.180 e. The Bertz CT molecular complexity index is 723. The van der Waals surface area contributed by atoms with Crippen molar-refractivity contribution in [2.45, 2.75) is 13.8 Å². The summed E-state index contributed by atoms with van der Waals surface area (Å²) in [5.41, 5.74) is 5.46. The standard InChI is InChI=1S/C16H16N2O/c1-11-7-12(2)9-13(8-11)14-10-18-6-4-5-15(19-3)16(18)17-14/h4-10H,1-3H3. The van der Waals surface area contributed by atoms with Crippen LogP contribution >= 0.6 is 0 Å². The minimum atomic E-state index is 0.790. The van der Waals surface area contributed by atoms with Gasteiger partial charge in [-0.3, -0.25) is 0 Å². The highest BCUT2D eigenvalue weighted by Crippen LogP contribution is 2.25. The van der Waals surface area contributed by atoms with Gasteiger partial charge in [-0.2, -0.15) is 0 Å². The maximum absolute atomic E-state index is 5.34. The zero-order valence-corrected chi connectivity index (χ0v) is 11.3. The summed E-state index contributed by atoms with van der Waals surface area (Å²) in [7, 11) is 1.67. The van der Waals surface area contributed by atoms with Crippen LogP contribution in [0.15, 0.2) is 42.7 Å². The summed E-state index contributed by atoms with van der Waals surface area (Å²) in [6, 6.07) is 10.4. The lowest BCUT2D eigenvalue weighted by Gasteiger charge is -2.01. The molecular formula is C16H16N2O. The Morgan fingerprint density at radius 3 is 2.53 bits per heavy atom. The first-order valence-electron chi connectivity index (χ1n) is 6.28. The molecule has 0 fully saturated rings. The molecule has 96 valence electrons. The molecule has 2 aromatic heterocycles. The quantitative estimate of drug-likeness (QED) is 0.696. The maximum atomic E-state index is 5.34. The second-order valence-corrected chi connectivity index (χ2v) is 4.81. The molecule has 0 spiro atoms. The van der Waals surface area contributed by atoms with Gasteiger partial charge in [-0.05, 0) is 38.1 Å². The monoisotopic (exact) mass is 252 g/mol. The number of imidazole rings is 1. The van der Waals surface area contributed by atoms with Gasteiger partial charge < -0.3 is 9.14 Å². The molecule has 0 saturated carbocycles. The second-order valence-electron chi connectivity index (χ2n) is 4.81. The minimum absolute atomic E-state index is 0.790. The van der Waals surface area contributed by atoms with Gasteiger partial charge in [0, 0.05) is 18.0 Å². The molecule has 0 N–H and O–H groups in total. The van der Waals surface area contributed by atoms with Crippen molar-refractivity contribution in [2.24, 2.45) is 0 Å². The summed E-state index contributed by atoms with van der Waals surface area (Å²) in [5, 5.41) is 0. The van der Waals surface area contributed by atoms with Crippen molar-refractivity contribution >= 4 is 5.65 Å². The molecule has 3 heteroatoms. The van der Waals surface area contributed by atoms with E-state index in [1.807, 2.05) is 28.9 Å². The summed E-state index contributed by atoms with van der Waals surface area (Å²) in [6.45, 7) is 4.21. The second kappa shape index (κ2) is 4.43. The van der Waals surface area contributed by atoms with Crippen molar-refractivity contribution in [3.05, 3.63) is 53.9 Å². The topological polar surface area (TPSA) is 26.5 Å². The van der Waals surface area contributed by atoms with Crippen LogP contribution in [0, 0.1) is 13.8 Å². The number of ether oxygens (including phenoxy) is 1. The first-order chi connectivity index (χ1) is 9.17. The number of nitrogens with zero attached hydrogens (tertiary/aromatic N) is 2. The lowest BCUT2D eigenvalue weighted by Crippen LogP contribution is -1.88. The summed E-state index contributed by atoms with van der Waals surface area (Å²) in [6.07, 6.45) is 4.02. The van der Waals surface area contributed by atoms with Crippen molar-refractivity contribution in [2.75, 3.05) is 7.11 Å². The predicted molar refractivity (Wildman–Crippen MR) is 76.7 cm³/mol. The molecule has 0 unspecified atom stereocenters. The third-order valence-corrected chi connectivity index (χ3v) is 3.18. The average Bonchev–Trinajstić information content (AvgIpc) is 2.81. The van der Waals surface area contributed by atoms with Crippen LogP contribution in [0.1, 0.15) is 11.1 Å². The first-order valence-corrected chi connectivity index (χ1v) is 6.28. The van der Waals surface area contributed by atoms with Gasteiger partial charge in [0.25, 0.3) is 0 Å². The van der Waals surface area contributed by atoms with E-state index in [1.165, 1.54) is 11.1 Å². The molecule has 0 radical (unpaired) electrons. The fourth-order valence-corrected chi connectivity index (χ4v) is 2.41. The minimum Gasteiger partial charge on any atom is -0.493 e. The highest BCUT2D eigenvalue weighted by atomic mass is 16.5. The van der Waals surface area contributed by atoms with Gasteiger partial charge in [0.05, 0.1) is 12.8 Å². The number of hydrogen-bond acceptors (Lipinski definition) is 2. The van der Waals surface area contributed by atoms with Crippen LogP contribution in [-0.2, 0) is 0 Å². The zero-order chi connectivity index (χ0) is 13.4. The molecule has 0 saturated heterocycles. The average molecular weight is 252 g/mol. The van der Waals surface area contributed by atoms with Crippen LogP contribution < -0.4 is 4.74 Å². The Balaban J connectivity index is 2.20. The maximum Gasteiger partial charge on any atom is 0.180 e. The molecule has 0 aliphatic heterocycles. The molecule has 0 bridgehead atoms. The van der Waals surface area contributed by atoms with Crippen molar-refractivity contribution in [3.8, 4) is 17.0 Å². The summed E-state index contributed by atoms with van der Waals surface area (Å²) in [5.74, 6) is 0.790. The largest absolute Gasteiger partial charge is 0.493 e. The molecule has 0 atom stereocenters. The van der Waals surface area contributed by atoms with Crippen molar-refractivity contribution < 1.29 is 4.74 Å². The Labute approximate surface area is 112 Å². The van der Waals surface area contributed by atoms with Gasteiger partial charge in [0.15, 0.2) is 11.4 Å². The third-order valence-electron chi connectivity index (χ3n) is 3.18. The van der Waals surface area contributed by atoms with Gasteiger partial charge in [-0.15, -0.1) is 0 Å². The van der Waals surface area contributed by atoms with Gasteiger partial charge >= 0.3 is 0 Å². The van der Waals surface area contributed by atoms with E-state index in [0.717, 1.165) is 22.7 Å². The highest BCUT2D eigenvalue weighted by Gasteiger charge is 2.08. The van der Waals surface area contributed by atoms with Crippen LogP contribution in [0.25, 0.3) is 16.9 Å². The number of fused-ring (bicyclic) bond motifs is 1. The Morgan fingerprint density at radius 1 is 1.11 bits per heavy atom. The molecule has 2 heterocycles. The van der Waals surface area contributed by atoms with Crippen molar-refractivity contribution in [3.63, 3.8) is 0 Å². The Morgan fingerprint density at radius 2 is 1.84 bits per heavy atom. The highest BCUT2D eigenvalue weighted by molar-refractivity contribution is 5.67. The summed E-state index contributed by atoms with van der Waals surface area (Å²) in [4.78, 5) is 4.67. The van der Waals surface area contributed by atoms with Gasteiger partial charge in [-0.25, -0.2) is 4.98 Å². The van der Waals surface area contributed by atoms with E-state index in [1.54, 1.807) is 7.11 Å². The lowest BCUT2D eigenvalue weighted by molar-refractivity contribution is 0.417. The molecule has 3 aromatic rings. The van der Waals surface area contributed by atoms with Crippen LogP contribution in [-0.4, -0.2) is 16.5 Å². The molecule has 1 aromatic carbocycles. The van der Waals surface area contributed by atoms with E-state index in [2.05, 4.69) is 37.0 Å². The summed E-state index contributed by atoms with van der Waals surface area (Å²) >= 11 is 0. The van der Waals surface area contributed by atoms with Crippen LogP contribution in [0.3, 0.4) is 0 Å². The number of methoxy groups -OCH3 is 1. The van der Waals surface area contributed by atoms with E-state index in [0.29, 0.717) is 0 Å². The molecule has 3 nitrogen and oxygen atoms in total. The molecule has 0 aliphatic carbocycles. The van der Waals surface area contributed by atoms with E-state index >= 15 is 0 Å². The molecule has 3 rings (SSSR count). The first kappa shape index (κ1) is 11.8. The van der Waals surface area contributed by atoms with E-state index < -0.39 is 0 Å². The Hall–Kier alpha value is -2.29. The third kappa shape index (κ3) is 2.08. The van der Waals surface area contributed by atoms with E-state index in [4.69, 9.17) is 4.74 Å². The van der Waals surface area contributed by atoms with Crippen LogP contribution in [0.4, 0.5) is 0 Å². The zero-order valence-electron chi connectivity index (χ0n) is 11.3. The normalized spacial score (nSPS) is 10.9. The lowest BCUT2D eigenvalue weighted by atomic mass is 10.1. The number of aromatic nitrogens is 2. The SMILES string of the molecule is COc1cccn2cc(-c3cc(C)cc(C)c3)nc12. The molecule has 0 amide bonds. The molecular weight excluding hydrogens is 236 g/mol. The van der Waals surface area contributed by atoms with Crippen molar-refractivity contribution in [1.82, 2.24) is 9.38 Å². The number of rotatable bonds is 2. The number of aryl methyl sites for hydroxylation is 2. The molecule has 19 heavy (non-hydrogen) atoms. The van der Waals surface area contributed by atoms with Gasteiger partial charge in [-0.1, -0.05) is 17.2 Å². The van der Waals surface area contributed by atoms with Crippen LogP contribution in [0.2, 0.25) is 0 Å². The van der Waals surface area contributed by atoms with Gasteiger partial charge in [0.1, 0.15) is 0 Å². The number of pyridine rings is 1. The molecule has 0 aliphatic rings. The van der Waals surface area contributed by atoms with Crippen LogP contribution in [0.5, 0.6) is 5.75 Å². The summed E-state index contributed by atoms with van der Waals surface area (Å²) < 4.78 is 7.33.